The lowest BCUT2D eigenvalue weighted by Crippen LogP contribution is -1.65. The Morgan fingerprint density at radius 3 is 1.69 bits per heavy atom. The van der Waals surface area contributed by atoms with Gasteiger partial charge < -0.3 is 0 Å². The van der Waals surface area contributed by atoms with Gasteiger partial charge in [-0.05, 0) is 43.1 Å². The molecule has 0 N–H and O–H groups in total. The topological polar surface area (TPSA) is 37.1 Å². The summed E-state index contributed by atoms with van der Waals surface area (Å²) >= 11 is 0. The van der Waals surface area contributed by atoms with Crippen molar-refractivity contribution in [1.29, 1.82) is 0 Å². The Morgan fingerprint density at radius 2 is 1.12 bits per heavy atom. The van der Waals surface area contributed by atoms with Gasteiger partial charge in [-0.3, -0.25) is 4.99 Å². The minimum Gasteiger partial charge on any atom is -0.265 e. The molecule has 0 atom stereocenters. The van der Waals surface area contributed by atoms with E-state index >= 15 is 0 Å². The third-order valence-corrected chi connectivity index (χ3v) is 2.07. The standard InChI is InChI=1S/C13H11N3/c1-14-11-7-9-13(10-8-11)16-15-12-5-3-2-4-6-12/h2-10H,1H2/b16-15+. The van der Waals surface area contributed by atoms with Crippen LogP contribution in [0.5, 0.6) is 0 Å². The van der Waals surface area contributed by atoms with Gasteiger partial charge in [0.25, 0.3) is 0 Å². The third kappa shape index (κ3) is 2.60. The number of nitrogens with zero attached hydrogens (tertiary/aromatic N) is 3. The van der Waals surface area contributed by atoms with Crippen LogP contribution < -0.4 is 0 Å². The summed E-state index contributed by atoms with van der Waals surface area (Å²) in [7, 11) is 0. The van der Waals surface area contributed by atoms with Crippen LogP contribution in [0.3, 0.4) is 0 Å². The Kier molecular flexibility index (Phi) is 3.18. The summed E-state index contributed by atoms with van der Waals surface area (Å²) in [5.74, 6) is 0. The fourth-order valence-corrected chi connectivity index (χ4v) is 1.23. The summed E-state index contributed by atoms with van der Waals surface area (Å²) in [6.45, 7) is 3.45. The molecule has 2 rings (SSSR count). The van der Waals surface area contributed by atoms with Gasteiger partial charge in [0.05, 0.1) is 17.1 Å². The smallest absolute Gasteiger partial charge is 0.0858 e. The van der Waals surface area contributed by atoms with Crippen LogP contribution >= 0.6 is 0 Å². The first-order chi connectivity index (χ1) is 7.88. The molecule has 0 heterocycles. The molecule has 0 saturated carbocycles. The second kappa shape index (κ2) is 4.98. The number of rotatable bonds is 3. The molecule has 0 aromatic heterocycles. The maximum atomic E-state index is 4.11. The molecule has 2 aromatic carbocycles. The minimum atomic E-state index is 0.802. The molecule has 16 heavy (non-hydrogen) atoms. The van der Waals surface area contributed by atoms with Crippen molar-refractivity contribution in [2.45, 2.75) is 0 Å². The maximum Gasteiger partial charge on any atom is 0.0858 e. The summed E-state index contributed by atoms with van der Waals surface area (Å²) in [4.78, 5) is 3.81. The number of azo groups is 1. The first kappa shape index (κ1) is 10.2. The molecule has 0 aliphatic rings. The molecular weight excluding hydrogens is 198 g/mol. The van der Waals surface area contributed by atoms with Gasteiger partial charge >= 0.3 is 0 Å². The van der Waals surface area contributed by atoms with Gasteiger partial charge in [0.2, 0.25) is 0 Å². The van der Waals surface area contributed by atoms with E-state index < -0.39 is 0 Å². The van der Waals surface area contributed by atoms with E-state index in [1.54, 1.807) is 0 Å². The summed E-state index contributed by atoms with van der Waals surface area (Å²) in [6.07, 6.45) is 0. The lowest BCUT2D eigenvalue weighted by atomic mass is 10.3. The zero-order valence-corrected chi connectivity index (χ0v) is 8.74. The molecule has 0 spiro atoms. The molecule has 3 nitrogen and oxygen atoms in total. The number of aliphatic imine (C=N–C) groups is 1. The third-order valence-electron chi connectivity index (χ3n) is 2.07. The summed E-state index contributed by atoms with van der Waals surface area (Å²) in [6, 6.07) is 17.0. The summed E-state index contributed by atoms with van der Waals surface area (Å²) in [5, 5.41) is 8.23. The monoisotopic (exact) mass is 209 g/mol. The first-order valence-electron chi connectivity index (χ1n) is 4.92. The van der Waals surface area contributed by atoms with E-state index in [0.717, 1.165) is 17.1 Å². The quantitative estimate of drug-likeness (QED) is 0.529. The van der Waals surface area contributed by atoms with Crippen molar-refractivity contribution in [2.24, 2.45) is 15.2 Å². The van der Waals surface area contributed by atoms with Crippen LogP contribution in [0.25, 0.3) is 0 Å². The number of benzene rings is 2. The molecule has 0 saturated heterocycles. The largest absolute Gasteiger partial charge is 0.265 e. The maximum absolute atomic E-state index is 4.11. The van der Waals surface area contributed by atoms with Gasteiger partial charge in [-0.25, -0.2) is 0 Å². The van der Waals surface area contributed by atoms with E-state index in [2.05, 4.69) is 21.9 Å². The molecule has 78 valence electrons. The highest BCUT2D eigenvalue weighted by atomic mass is 15.1. The summed E-state index contributed by atoms with van der Waals surface area (Å²) < 4.78 is 0. The van der Waals surface area contributed by atoms with E-state index in [4.69, 9.17) is 0 Å². The van der Waals surface area contributed by atoms with E-state index in [1.807, 2.05) is 54.6 Å². The predicted octanol–water partition coefficient (Wildman–Crippen LogP) is 4.43. The highest BCUT2D eigenvalue weighted by Gasteiger charge is 1.90. The zero-order chi connectivity index (χ0) is 11.2. The van der Waals surface area contributed by atoms with Crippen molar-refractivity contribution < 1.29 is 0 Å². The first-order valence-corrected chi connectivity index (χ1v) is 4.92. The lowest BCUT2D eigenvalue weighted by molar-refractivity contribution is 1.23. The molecule has 2 aromatic rings. The average molecular weight is 209 g/mol. The van der Waals surface area contributed by atoms with E-state index in [-0.39, 0.29) is 0 Å². The van der Waals surface area contributed by atoms with Crippen LogP contribution in [-0.4, -0.2) is 6.72 Å². The second-order valence-electron chi connectivity index (χ2n) is 3.21. The van der Waals surface area contributed by atoms with Crippen LogP contribution in [-0.2, 0) is 0 Å². The average Bonchev–Trinajstić information content (AvgIpc) is 2.38. The fourth-order valence-electron chi connectivity index (χ4n) is 1.23. The summed E-state index contributed by atoms with van der Waals surface area (Å²) in [5.41, 5.74) is 2.48. The van der Waals surface area contributed by atoms with Gasteiger partial charge in [-0.15, -0.1) is 0 Å². The minimum absolute atomic E-state index is 0.802. The van der Waals surface area contributed by atoms with Gasteiger partial charge in [0.1, 0.15) is 0 Å². The Morgan fingerprint density at radius 1 is 0.625 bits per heavy atom. The molecule has 0 bridgehead atoms. The van der Waals surface area contributed by atoms with Crippen molar-refractivity contribution in [3.8, 4) is 0 Å². The Balaban J connectivity index is 2.14. The highest BCUT2D eigenvalue weighted by molar-refractivity contribution is 5.51. The second-order valence-corrected chi connectivity index (χ2v) is 3.21. The molecule has 0 unspecified atom stereocenters. The van der Waals surface area contributed by atoms with Crippen molar-refractivity contribution in [3.63, 3.8) is 0 Å². The van der Waals surface area contributed by atoms with Gasteiger partial charge in [0.15, 0.2) is 0 Å². The normalized spacial score (nSPS) is 10.5. The van der Waals surface area contributed by atoms with Crippen LogP contribution in [0.4, 0.5) is 17.1 Å². The Bertz CT molecular complexity index is 486. The van der Waals surface area contributed by atoms with Crippen molar-refractivity contribution in [1.82, 2.24) is 0 Å². The van der Waals surface area contributed by atoms with Crippen LogP contribution in [0.2, 0.25) is 0 Å². The van der Waals surface area contributed by atoms with Crippen molar-refractivity contribution in [2.75, 3.05) is 0 Å². The van der Waals surface area contributed by atoms with E-state index in [0.29, 0.717) is 0 Å². The van der Waals surface area contributed by atoms with Crippen LogP contribution in [0, 0.1) is 0 Å². The lowest BCUT2D eigenvalue weighted by Gasteiger charge is -1.94. The molecule has 3 heteroatoms. The molecule has 0 amide bonds. The van der Waals surface area contributed by atoms with Crippen LogP contribution in [0.15, 0.2) is 69.8 Å². The van der Waals surface area contributed by atoms with E-state index in [1.165, 1.54) is 0 Å². The molecular formula is C13H11N3. The highest BCUT2D eigenvalue weighted by Crippen LogP contribution is 2.20. The molecule has 0 aliphatic carbocycles. The Hall–Kier alpha value is -2.29. The number of hydrogen-bond donors (Lipinski definition) is 0. The van der Waals surface area contributed by atoms with Crippen LogP contribution in [0.1, 0.15) is 0 Å². The Labute approximate surface area is 94.2 Å². The van der Waals surface area contributed by atoms with Gasteiger partial charge in [-0.1, -0.05) is 18.2 Å². The molecule has 0 aliphatic heterocycles. The zero-order valence-electron chi connectivity index (χ0n) is 8.74. The van der Waals surface area contributed by atoms with E-state index in [9.17, 15) is 0 Å². The molecule has 0 fully saturated rings. The van der Waals surface area contributed by atoms with Gasteiger partial charge in [0, 0.05) is 0 Å². The SMILES string of the molecule is C=Nc1ccc(/N=N/c2ccccc2)cc1. The molecule has 0 radical (unpaired) electrons. The van der Waals surface area contributed by atoms with Crippen molar-refractivity contribution in [3.05, 3.63) is 54.6 Å². The van der Waals surface area contributed by atoms with Crippen molar-refractivity contribution >= 4 is 23.8 Å². The number of hydrogen-bond acceptors (Lipinski definition) is 3. The van der Waals surface area contributed by atoms with Gasteiger partial charge in [-0.2, -0.15) is 10.2 Å². The fraction of sp³-hybridized carbons (Fsp3) is 0. The predicted molar refractivity (Wildman–Crippen MR) is 66.3 cm³/mol.